The van der Waals surface area contributed by atoms with E-state index < -0.39 is 26.7 Å². The van der Waals surface area contributed by atoms with Crippen LogP contribution >= 0.6 is 15.2 Å². The third-order valence-electron chi connectivity index (χ3n) is 2.55. The number of aliphatic hydroxyl groups is 1. The van der Waals surface area contributed by atoms with Crippen LogP contribution < -0.4 is 29.6 Å². The maximum Gasteiger partial charge on any atom is 1.00 e. The number of rotatable bonds is 8. The fourth-order valence-electron chi connectivity index (χ4n) is 1.43. The van der Waals surface area contributed by atoms with Gasteiger partial charge in [-0.05, 0) is 12.8 Å². The molecule has 0 heterocycles. The van der Waals surface area contributed by atoms with Gasteiger partial charge < -0.3 is 24.7 Å². The fraction of sp³-hybridized carbons (Fsp3) is 1.00. The molecule has 0 aliphatic heterocycles. The minimum atomic E-state index is -5.27. The Bertz CT molecular complexity index is 301. The van der Waals surface area contributed by atoms with Gasteiger partial charge in [0.25, 0.3) is 5.08 Å². The molecule has 0 unspecified atom stereocenters. The van der Waals surface area contributed by atoms with Gasteiger partial charge in [-0.2, -0.15) is 0 Å². The van der Waals surface area contributed by atoms with E-state index in [9.17, 15) is 14.2 Å². The predicted octanol–water partition coefficient (Wildman–Crippen LogP) is -1.65. The van der Waals surface area contributed by atoms with Crippen molar-refractivity contribution in [2.24, 2.45) is 0 Å². The molecule has 0 saturated heterocycles. The van der Waals surface area contributed by atoms with Crippen LogP contribution in [0.5, 0.6) is 0 Å². The van der Waals surface area contributed by atoms with E-state index in [4.69, 9.17) is 19.6 Å². The topological polar surface area (TPSA) is 135 Å². The molecule has 0 aromatic heterocycles. The van der Waals surface area contributed by atoms with Crippen LogP contribution in [-0.2, 0) is 9.13 Å². The molecule has 0 bridgehead atoms. The first-order chi connectivity index (χ1) is 7.56. The maximum atomic E-state index is 11.0. The Morgan fingerprint density at radius 3 is 1.61 bits per heavy atom. The van der Waals surface area contributed by atoms with Crippen molar-refractivity contribution in [2.45, 2.75) is 50.5 Å². The molecule has 0 fully saturated rings. The first-order valence-corrected chi connectivity index (χ1v) is 8.62. The number of hydrogen-bond acceptors (Lipinski definition) is 3. The van der Waals surface area contributed by atoms with Gasteiger partial charge in [0, 0.05) is 0 Å². The Labute approximate surface area is 129 Å². The van der Waals surface area contributed by atoms with Crippen molar-refractivity contribution in [1.29, 1.82) is 0 Å². The Kier molecular flexibility index (Phi) is 10.2. The number of hydrogen-bond donors (Lipinski definition) is 5. The van der Waals surface area contributed by atoms with Crippen LogP contribution in [0.3, 0.4) is 0 Å². The molecule has 0 aliphatic rings. The van der Waals surface area contributed by atoms with Gasteiger partial charge in [0.2, 0.25) is 0 Å². The minimum absolute atomic E-state index is 0. The Balaban J connectivity index is 0. The van der Waals surface area contributed by atoms with Crippen LogP contribution in [0, 0.1) is 0 Å². The van der Waals surface area contributed by atoms with Crippen LogP contribution in [0.2, 0.25) is 0 Å². The molecule has 0 saturated carbocycles. The van der Waals surface area contributed by atoms with E-state index in [0.29, 0.717) is 6.42 Å². The minimum Gasteiger partial charge on any atom is -0.368 e. The zero-order chi connectivity index (χ0) is 13.7. The molecule has 0 aromatic rings. The summed E-state index contributed by atoms with van der Waals surface area (Å²) in [5.74, 6) is 0. The molecule has 104 valence electrons. The second-order valence-electron chi connectivity index (χ2n) is 4.03. The van der Waals surface area contributed by atoms with Crippen molar-refractivity contribution >= 4 is 15.2 Å². The van der Waals surface area contributed by atoms with Crippen molar-refractivity contribution in [1.82, 2.24) is 0 Å². The molecule has 0 amide bonds. The van der Waals surface area contributed by atoms with Crippen molar-refractivity contribution in [3.8, 4) is 0 Å². The molecule has 0 aliphatic carbocycles. The van der Waals surface area contributed by atoms with Gasteiger partial charge in [0.05, 0.1) is 0 Å². The van der Waals surface area contributed by atoms with Crippen LogP contribution in [0.4, 0.5) is 0 Å². The van der Waals surface area contributed by atoms with E-state index >= 15 is 0 Å². The van der Waals surface area contributed by atoms with E-state index in [1.807, 2.05) is 6.92 Å². The quantitative estimate of drug-likeness (QED) is 0.206. The summed E-state index contributed by atoms with van der Waals surface area (Å²) in [6.07, 6.45) is 2.83. The van der Waals surface area contributed by atoms with Crippen LogP contribution in [0.15, 0.2) is 0 Å². The van der Waals surface area contributed by atoms with E-state index in [1.165, 1.54) is 0 Å². The second kappa shape index (κ2) is 8.53. The largest absolute Gasteiger partial charge is 1.00 e. The van der Waals surface area contributed by atoms with Crippen molar-refractivity contribution < 1.29 is 63.4 Å². The maximum absolute atomic E-state index is 11.0. The summed E-state index contributed by atoms with van der Waals surface area (Å²) in [6, 6.07) is 0. The van der Waals surface area contributed by atoms with Crippen molar-refractivity contribution in [3.05, 3.63) is 0 Å². The molecular formula is C8H20NaO7P2+. The van der Waals surface area contributed by atoms with Crippen LogP contribution in [-0.4, -0.2) is 29.8 Å². The Morgan fingerprint density at radius 1 is 0.889 bits per heavy atom. The standard InChI is InChI=1S/C8H20O7P2.Na/c1-2-3-4-5-6-7-8(9,16(10,11)12)17(13,14)15;/h9H,2-7H2,1H3,(H2,10,11,12)(H2,13,14,15);/q;+1. The zero-order valence-corrected chi connectivity index (χ0v) is 14.5. The zero-order valence-electron chi connectivity index (χ0n) is 10.7. The van der Waals surface area contributed by atoms with E-state index in [0.717, 1.165) is 19.3 Å². The van der Waals surface area contributed by atoms with E-state index in [-0.39, 0.29) is 36.0 Å². The molecule has 18 heavy (non-hydrogen) atoms. The van der Waals surface area contributed by atoms with Gasteiger partial charge in [-0.15, -0.1) is 0 Å². The monoisotopic (exact) mass is 313 g/mol. The normalized spacial score (nSPS) is 13.2. The van der Waals surface area contributed by atoms with Gasteiger partial charge in [0.15, 0.2) is 0 Å². The van der Waals surface area contributed by atoms with Gasteiger partial charge in [0.1, 0.15) is 0 Å². The van der Waals surface area contributed by atoms with E-state index in [2.05, 4.69) is 0 Å². The smallest absolute Gasteiger partial charge is 0.368 e. The summed E-state index contributed by atoms with van der Waals surface area (Å²) >= 11 is 0. The first kappa shape index (κ1) is 21.6. The van der Waals surface area contributed by atoms with Crippen LogP contribution in [0.1, 0.15) is 45.4 Å². The summed E-state index contributed by atoms with van der Waals surface area (Å²) in [4.78, 5) is 35.4. The molecule has 0 atom stereocenters. The third kappa shape index (κ3) is 6.14. The molecule has 0 radical (unpaired) electrons. The van der Waals surface area contributed by atoms with Gasteiger partial charge in [-0.25, -0.2) is 0 Å². The van der Waals surface area contributed by atoms with Gasteiger partial charge >= 0.3 is 44.7 Å². The van der Waals surface area contributed by atoms with Gasteiger partial charge in [-0.3, -0.25) is 9.13 Å². The Morgan fingerprint density at radius 2 is 1.28 bits per heavy atom. The fourth-order valence-corrected chi connectivity index (χ4v) is 3.68. The molecule has 7 nitrogen and oxygen atoms in total. The van der Waals surface area contributed by atoms with E-state index in [1.54, 1.807) is 0 Å². The SMILES string of the molecule is CCCCCCCC(O)(P(=O)(O)O)P(=O)(O)O.[Na+]. The molecule has 0 spiro atoms. The first-order valence-electron chi connectivity index (χ1n) is 5.40. The van der Waals surface area contributed by atoms with Crippen molar-refractivity contribution in [3.63, 3.8) is 0 Å². The predicted molar refractivity (Wildman–Crippen MR) is 62.4 cm³/mol. The molecule has 10 heteroatoms. The van der Waals surface area contributed by atoms with Gasteiger partial charge in [-0.1, -0.05) is 32.6 Å². The summed E-state index contributed by atoms with van der Waals surface area (Å²) in [6.45, 7) is 1.99. The van der Waals surface area contributed by atoms with Crippen molar-refractivity contribution in [2.75, 3.05) is 0 Å². The summed E-state index contributed by atoms with van der Waals surface area (Å²) in [7, 11) is -10.5. The third-order valence-corrected chi connectivity index (χ3v) is 6.43. The Hall–Kier alpha value is 1.26. The molecule has 5 N–H and O–H groups in total. The molecule has 0 aromatic carbocycles. The number of unbranched alkanes of at least 4 members (excludes halogenated alkanes) is 4. The second-order valence-corrected chi connectivity index (χ2v) is 8.04. The summed E-state index contributed by atoms with van der Waals surface area (Å²) in [5, 5.41) is 6.27. The summed E-state index contributed by atoms with van der Waals surface area (Å²) < 4.78 is 21.9. The molecular weight excluding hydrogens is 293 g/mol. The molecule has 0 rings (SSSR count). The summed E-state index contributed by atoms with van der Waals surface area (Å²) in [5.41, 5.74) is 0. The average molecular weight is 313 g/mol. The van der Waals surface area contributed by atoms with Crippen LogP contribution in [0.25, 0.3) is 0 Å². The average Bonchev–Trinajstić information content (AvgIpc) is 2.13.